The normalized spacial score (nSPS) is 17.6. The topological polar surface area (TPSA) is 87.7 Å². The fourth-order valence-electron chi connectivity index (χ4n) is 3.32. The van der Waals surface area contributed by atoms with Crippen molar-refractivity contribution in [2.75, 3.05) is 13.1 Å². The van der Waals surface area contributed by atoms with Gasteiger partial charge >= 0.3 is 6.09 Å². The SMILES string of the molecule is Cc1ccc(C(=O)NC[C@H](NC(=O)[C@@H]2CCCN2C(=O)OC(C)(C)C)C(C)C)cc1. The first kappa shape index (κ1) is 23.7. The van der Waals surface area contributed by atoms with E-state index in [0.29, 0.717) is 25.1 Å². The first-order valence-corrected chi connectivity index (χ1v) is 10.6. The summed E-state index contributed by atoms with van der Waals surface area (Å²) in [5.74, 6) is -0.267. The van der Waals surface area contributed by atoms with Gasteiger partial charge in [-0.05, 0) is 58.6 Å². The number of aryl methyl sites for hydroxylation is 1. The Morgan fingerprint density at radius 1 is 1.17 bits per heavy atom. The van der Waals surface area contributed by atoms with Crippen molar-refractivity contribution in [3.63, 3.8) is 0 Å². The fourth-order valence-corrected chi connectivity index (χ4v) is 3.32. The molecule has 0 radical (unpaired) electrons. The van der Waals surface area contributed by atoms with Gasteiger partial charge in [0.25, 0.3) is 5.91 Å². The van der Waals surface area contributed by atoms with Crippen LogP contribution in [0.4, 0.5) is 4.79 Å². The van der Waals surface area contributed by atoms with Gasteiger partial charge in [-0.15, -0.1) is 0 Å². The predicted octanol–water partition coefficient (Wildman–Crippen LogP) is 3.27. The molecular formula is C23H35N3O4. The number of amides is 3. The summed E-state index contributed by atoms with van der Waals surface area (Å²) in [5.41, 5.74) is 1.06. The number of nitrogens with zero attached hydrogens (tertiary/aromatic N) is 1. The van der Waals surface area contributed by atoms with Gasteiger partial charge < -0.3 is 15.4 Å². The highest BCUT2D eigenvalue weighted by Crippen LogP contribution is 2.21. The number of rotatable bonds is 6. The third-order valence-corrected chi connectivity index (χ3v) is 5.11. The van der Waals surface area contributed by atoms with E-state index in [9.17, 15) is 14.4 Å². The lowest BCUT2D eigenvalue weighted by Crippen LogP contribution is -2.53. The third kappa shape index (κ3) is 6.75. The molecule has 1 aliphatic heterocycles. The summed E-state index contributed by atoms with van der Waals surface area (Å²) in [6.07, 6.45) is 0.897. The van der Waals surface area contributed by atoms with Crippen LogP contribution in [0.15, 0.2) is 24.3 Å². The Hall–Kier alpha value is -2.57. The molecule has 1 heterocycles. The molecule has 0 unspecified atom stereocenters. The van der Waals surface area contributed by atoms with Gasteiger partial charge in [-0.3, -0.25) is 14.5 Å². The lowest BCUT2D eigenvalue weighted by Gasteiger charge is -2.30. The molecule has 1 aromatic carbocycles. The highest BCUT2D eigenvalue weighted by molar-refractivity contribution is 5.94. The Morgan fingerprint density at radius 3 is 2.37 bits per heavy atom. The van der Waals surface area contributed by atoms with Crippen LogP contribution in [0, 0.1) is 12.8 Å². The number of nitrogens with one attached hydrogen (secondary N) is 2. The molecule has 7 heteroatoms. The second-order valence-electron chi connectivity index (χ2n) is 9.27. The molecule has 0 saturated carbocycles. The number of benzene rings is 1. The Bertz CT molecular complexity index is 753. The maximum Gasteiger partial charge on any atom is 0.410 e. The molecule has 0 aliphatic carbocycles. The second-order valence-corrected chi connectivity index (χ2v) is 9.27. The highest BCUT2D eigenvalue weighted by atomic mass is 16.6. The van der Waals surface area contributed by atoms with Crippen molar-refractivity contribution in [1.82, 2.24) is 15.5 Å². The van der Waals surface area contributed by atoms with Crippen LogP contribution in [0.5, 0.6) is 0 Å². The Labute approximate surface area is 179 Å². The van der Waals surface area contributed by atoms with E-state index in [2.05, 4.69) is 10.6 Å². The van der Waals surface area contributed by atoms with E-state index < -0.39 is 17.7 Å². The van der Waals surface area contributed by atoms with Crippen molar-refractivity contribution in [2.45, 2.75) is 72.1 Å². The molecule has 7 nitrogen and oxygen atoms in total. The number of ether oxygens (including phenoxy) is 1. The number of carbonyl (C=O) groups is 3. The van der Waals surface area contributed by atoms with Crippen molar-refractivity contribution >= 4 is 17.9 Å². The second kappa shape index (κ2) is 9.96. The monoisotopic (exact) mass is 417 g/mol. The molecule has 0 aromatic heterocycles. The average Bonchev–Trinajstić information content (AvgIpc) is 3.14. The fraction of sp³-hybridized carbons (Fsp3) is 0.609. The molecule has 2 rings (SSSR count). The average molecular weight is 418 g/mol. The van der Waals surface area contributed by atoms with Crippen molar-refractivity contribution in [2.24, 2.45) is 5.92 Å². The van der Waals surface area contributed by atoms with Crippen LogP contribution in [0.25, 0.3) is 0 Å². The smallest absolute Gasteiger partial charge is 0.410 e. The number of carbonyl (C=O) groups excluding carboxylic acids is 3. The predicted molar refractivity (Wildman–Crippen MR) is 116 cm³/mol. The van der Waals surface area contributed by atoms with Crippen molar-refractivity contribution < 1.29 is 19.1 Å². The molecule has 0 bridgehead atoms. The first-order valence-electron chi connectivity index (χ1n) is 10.6. The molecule has 1 fully saturated rings. The van der Waals surface area contributed by atoms with Crippen LogP contribution < -0.4 is 10.6 Å². The van der Waals surface area contributed by atoms with Gasteiger partial charge in [0.2, 0.25) is 5.91 Å². The molecule has 2 N–H and O–H groups in total. The van der Waals surface area contributed by atoms with Crippen LogP contribution in [-0.4, -0.2) is 53.6 Å². The van der Waals surface area contributed by atoms with E-state index in [0.717, 1.165) is 12.0 Å². The number of likely N-dealkylation sites (tertiary alicyclic amines) is 1. The maximum absolute atomic E-state index is 12.9. The zero-order valence-electron chi connectivity index (χ0n) is 19.0. The Kier molecular flexibility index (Phi) is 7.87. The maximum atomic E-state index is 12.9. The van der Waals surface area contributed by atoms with Crippen molar-refractivity contribution in [3.8, 4) is 0 Å². The minimum atomic E-state index is -0.610. The molecule has 2 atom stereocenters. The van der Waals surface area contributed by atoms with E-state index in [-0.39, 0.29) is 23.8 Å². The highest BCUT2D eigenvalue weighted by Gasteiger charge is 2.37. The summed E-state index contributed by atoms with van der Waals surface area (Å²) in [7, 11) is 0. The summed E-state index contributed by atoms with van der Waals surface area (Å²) < 4.78 is 5.44. The molecule has 30 heavy (non-hydrogen) atoms. The van der Waals surface area contributed by atoms with Crippen molar-refractivity contribution in [3.05, 3.63) is 35.4 Å². The molecule has 0 spiro atoms. The largest absolute Gasteiger partial charge is 0.444 e. The lowest BCUT2D eigenvalue weighted by atomic mass is 10.0. The van der Waals surface area contributed by atoms with Crippen molar-refractivity contribution in [1.29, 1.82) is 0 Å². The summed E-state index contributed by atoms with van der Waals surface area (Å²) >= 11 is 0. The van der Waals surface area contributed by atoms with Crippen LogP contribution in [0.1, 0.15) is 63.4 Å². The van der Waals surface area contributed by atoms with Crippen LogP contribution in [0.2, 0.25) is 0 Å². The van der Waals surface area contributed by atoms with Gasteiger partial charge in [0.1, 0.15) is 11.6 Å². The minimum Gasteiger partial charge on any atom is -0.444 e. The number of hydrogen-bond acceptors (Lipinski definition) is 4. The van der Waals surface area contributed by atoms with Crippen LogP contribution in [0.3, 0.4) is 0 Å². The number of hydrogen-bond donors (Lipinski definition) is 2. The van der Waals surface area contributed by atoms with E-state index in [1.807, 2.05) is 53.7 Å². The van der Waals surface area contributed by atoms with Gasteiger partial charge in [-0.1, -0.05) is 31.5 Å². The molecule has 166 valence electrons. The van der Waals surface area contributed by atoms with Gasteiger partial charge in [-0.25, -0.2) is 4.79 Å². The van der Waals surface area contributed by atoms with Crippen LogP contribution in [-0.2, 0) is 9.53 Å². The van der Waals surface area contributed by atoms with Crippen LogP contribution >= 0.6 is 0 Å². The van der Waals surface area contributed by atoms with Gasteiger partial charge in [0, 0.05) is 24.7 Å². The molecular weight excluding hydrogens is 382 g/mol. The molecule has 1 saturated heterocycles. The Balaban J connectivity index is 1.96. The summed E-state index contributed by atoms with van der Waals surface area (Å²) in [4.78, 5) is 39.3. The third-order valence-electron chi connectivity index (χ3n) is 5.11. The summed E-state index contributed by atoms with van der Waals surface area (Å²) in [6, 6.07) is 6.56. The molecule has 3 amide bonds. The molecule has 1 aromatic rings. The summed E-state index contributed by atoms with van der Waals surface area (Å²) in [5, 5.41) is 5.92. The van der Waals surface area contributed by atoms with E-state index in [1.54, 1.807) is 12.1 Å². The first-order chi connectivity index (χ1) is 14.0. The zero-order chi connectivity index (χ0) is 22.5. The van der Waals surface area contributed by atoms with Gasteiger partial charge in [-0.2, -0.15) is 0 Å². The van der Waals surface area contributed by atoms with Gasteiger partial charge in [0.05, 0.1) is 0 Å². The lowest BCUT2D eigenvalue weighted by molar-refractivity contribution is -0.126. The van der Waals surface area contributed by atoms with E-state index in [1.165, 1.54) is 4.90 Å². The Morgan fingerprint density at radius 2 is 1.80 bits per heavy atom. The molecule has 1 aliphatic rings. The quantitative estimate of drug-likeness (QED) is 0.744. The van der Waals surface area contributed by atoms with E-state index in [4.69, 9.17) is 4.74 Å². The zero-order valence-corrected chi connectivity index (χ0v) is 19.0. The minimum absolute atomic E-state index is 0.114. The van der Waals surface area contributed by atoms with Gasteiger partial charge in [0.15, 0.2) is 0 Å². The van der Waals surface area contributed by atoms with E-state index >= 15 is 0 Å². The summed E-state index contributed by atoms with van der Waals surface area (Å²) in [6.45, 7) is 12.2. The standard InChI is InChI=1S/C23H35N3O4/c1-15(2)18(14-24-20(27)17-11-9-16(3)10-12-17)25-21(28)19-8-7-13-26(19)22(29)30-23(4,5)6/h9-12,15,18-19H,7-8,13-14H2,1-6H3,(H,24,27)(H,25,28)/t18-,19-/m0/s1.